The molecule has 3 rings (SSSR count). The van der Waals surface area contributed by atoms with Gasteiger partial charge in [-0.05, 0) is 48.4 Å². The van der Waals surface area contributed by atoms with E-state index < -0.39 is 5.97 Å². The topological polar surface area (TPSA) is 89.9 Å². The monoisotopic (exact) mass is 382 g/mol. The SMILES string of the molecule is O=C(O)c1ccc(CNC(=O)N2CCC([C@H](O)Cc3ccccc3)CC2)cc1. The minimum Gasteiger partial charge on any atom is -0.478 e. The molecule has 2 aromatic rings. The molecule has 28 heavy (non-hydrogen) atoms. The van der Waals surface area contributed by atoms with E-state index in [-0.39, 0.29) is 23.6 Å². The Labute approximate surface area is 164 Å². The summed E-state index contributed by atoms with van der Waals surface area (Å²) in [4.78, 5) is 25.0. The van der Waals surface area contributed by atoms with E-state index in [4.69, 9.17) is 5.11 Å². The summed E-state index contributed by atoms with van der Waals surface area (Å²) in [5.74, 6) is -0.763. The van der Waals surface area contributed by atoms with Crippen molar-refractivity contribution in [1.82, 2.24) is 10.2 Å². The number of nitrogens with one attached hydrogen (secondary N) is 1. The Hall–Kier alpha value is -2.86. The number of carboxylic acid groups (broad SMARTS) is 1. The van der Waals surface area contributed by atoms with Gasteiger partial charge in [0.1, 0.15) is 0 Å². The number of hydrogen-bond donors (Lipinski definition) is 3. The Morgan fingerprint density at radius 2 is 1.64 bits per heavy atom. The van der Waals surface area contributed by atoms with Crippen LogP contribution < -0.4 is 5.32 Å². The highest BCUT2D eigenvalue weighted by Crippen LogP contribution is 2.23. The van der Waals surface area contributed by atoms with Crippen molar-refractivity contribution in [2.75, 3.05) is 13.1 Å². The Bertz CT molecular complexity index is 784. The molecule has 0 saturated carbocycles. The summed E-state index contributed by atoms with van der Waals surface area (Å²) >= 11 is 0. The molecule has 1 fully saturated rings. The fourth-order valence-corrected chi connectivity index (χ4v) is 3.56. The maximum atomic E-state index is 12.4. The first-order valence-electron chi connectivity index (χ1n) is 9.60. The van der Waals surface area contributed by atoms with Crippen LogP contribution in [0.5, 0.6) is 0 Å². The van der Waals surface area contributed by atoms with Gasteiger partial charge in [-0.25, -0.2) is 9.59 Å². The first-order chi connectivity index (χ1) is 13.5. The van der Waals surface area contributed by atoms with E-state index in [1.54, 1.807) is 17.0 Å². The molecule has 0 aliphatic carbocycles. The number of aliphatic hydroxyl groups excluding tert-OH is 1. The zero-order chi connectivity index (χ0) is 19.9. The van der Waals surface area contributed by atoms with Crippen LogP contribution in [0.1, 0.15) is 34.3 Å². The van der Waals surface area contributed by atoms with Crippen LogP contribution in [0.3, 0.4) is 0 Å². The molecule has 1 saturated heterocycles. The Morgan fingerprint density at radius 1 is 1.00 bits per heavy atom. The van der Waals surface area contributed by atoms with E-state index >= 15 is 0 Å². The fraction of sp³-hybridized carbons (Fsp3) is 0.364. The second-order valence-corrected chi connectivity index (χ2v) is 7.24. The van der Waals surface area contributed by atoms with Gasteiger partial charge in [0.15, 0.2) is 0 Å². The van der Waals surface area contributed by atoms with Crippen molar-refractivity contribution < 1.29 is 19.8 Å². The van der Waals surface area contributed by atoms with Crippen LogP contribution in [0.2, 0.25) is 0 Å². The predicted octanol–water partition coefficient (Wildman–Crippen LogP) is 2.91. The number of amides is 2. The van der Waals surface area contributed by atoms with Crippen molar-refractivity contribution >= 4 is 12.0 Å². The normalized spacial score (nSPS) is 15.8. The van der Waals surface area contributed by atoms with Gasteiger partial charge in [0.25, 0.3) is 0 Å². The molecular weight excluding hydrogens is 356 g/mol. The number of piperidine rings is 1. The zero-order valence-electron chi connectivity index (χ0n) is 15.8. The molecule has 1 aliphatic heterocycles. The molecule has 1 heterocycles. The highest BCUT2D eigenvalue weighted by molar-refractivity contribution is 5.87. The number of nitrogens with zero attached hydrogens (tertiary/aromatic N) is 1. The van der Waals surface area contributed by atoms with Crippen molar-refractivity contribution in [1.29, 1.82) is 0 Å². The third kappa shape index (κ3) is 5.33. The van der Waals surface area contributed by atoms with Gasteiger partial charge in [-0.2, -0.15) is 0 Å². The van der Waals surface area contributed by atoms with E-state index in [0.717, 1.165) is 24.0 Å². The first kappa shape index (κ1) is 19.9. The average Bonchev–Trinajstić information content (AvgIpc) is 2.73. The molecule has 148 valence electrons. The Morgan fingerprint density at radius 3 is 2.25 bits per heavy atom. The first-order valence-corrected chi connectivity index (χ1v) is 9.60. The van der Waals surface area contributed by atoms with Crippen molar-refractivity contribution in [2.45, 2.75) is 31.9 Å². The standard InChI is InChI=1S/C22H26N2O4/c25-20(14-16-4-2-1-3-5-16)18-10-12-24(13-11-18)22(28)23-15-17-6-8-19(9-7-17)21(26)27/h1-9,18,20,25H,10-15H2,(H,23,28)(H,26,27)/t20-/m1/s1. The third-order valence-corrected chi connectivity index (χ3v) is 5.30. The molecule has 6 nitrogen and oxygen atoms in total. The lowest BCUT2D eigenvalue weighted by Gasteiger charge is -2.34. The smallest absolute Gasteiger partial charge is 0.335 e. The summed E-state index contributed by atoms with van der Waals surface area (Å²) in [6.45, 7) is 1.61. The summed E-state index contributed by atoms with van der Waals surface area (Å²) < 4.78 is 0. The molecule has 0 unspecified atom stereocenters. The van der Waals surface area contributed by atoms with E-state index in [2.05, 4.69) is 5.32 Å². The molecular formula is C22H26N2O4. The summed E-state index contributed by atoms with van der Waals surface area (Å²) in [7, 11) is 0. The van der Waals surface area contributed by atoms with Gasteiger partial charge in [0, 0.05) is 19.6 Å². The molecule has 0 spiro atoms. The van der Waals surface area contributed by atoms with E-state index in [1.807, 2.05) is 30.3 Å². The lowest BCUT2D eigenvalue weighted by Crippen LogP contribution is -2.46. The summed E-state index contributed by atoms with van der Waals surface area (Å²) in [6.07, 6.45) is 1.83. The van der Waals surface area contributed by atoms with E-state index in [0.29, 0.717) is 26.1 Å². The molecule has 0 aromatic heterocycles. The Balaban J connectivity index is 1.42. The van der Waals surface area contributed by atoms with Crippen molar-refractivity contribution in [3.05, 3.63) is 71.3 Å². The van der Waals surface area contributed by atoms with E-state index in [1.165, 1.54) is 12.1 Å². The lowest BCUT2D eigenvalue weighted by atomic mass is 9.88. The Kier molecular flexibility index (Phi) is 6.66. The molecule has 2 aromatic carbocycles. The number of hydrogen-bond acceptors (Lipinski definition) is 3. The van der Waals surface area contributed by atoms with Crippen LogP contribution in [-0.4, -0.2) is 46.3 Å². The number of benzene rings is 2. The highest BCUT2D eigenvalue weighted by atomic mass is 16.4. The van der Waals surface area contributed by atoms with Crippen LogP contribution in [-0.2, 0) is 13.0 Å². The summed E-state index contributed by atoms with van der Waals surface area (Å²) in [5.41, 5.74) is 2.21. The van der Waals surface area contributed by atoms with Crippen molar-refractivity contribution in [3.63, 3.8) is 0 Å². The maximum absolute atomic E-state index is 12.4. The number of urea groups is 1. The molecule has 0 bridgehead atoms. The molecule has 2 amide bonds. The van der Waals surface area contributed by atoms with Crippen LogP contribution in [0.25, 0.3) is 0 Å². The van der Waals surface area contributed by atoms with Gasteiger partial charge in [0.2, 0.25) is 0 Å². The summed E-state index contributed by atoms with van der Waals surface area (Å²) in [5, 5.41) is 22.3. The predicted molar refractivity (Wildman–Crippen MR) is 106 cm³/mol. The number of likely N-dealkylation sites (tertiary alicyclic amines) is 1. The maximum Gasteiger partial charge on any atom is 0.335 e. The average molecular weight is 382 g/mol. The van der Waals surface area contributed by atoms with E-state index in [9.17, 15) is 14.7 Å². The van der Waals surface area contributed by atoms with Crippen LogP contribution >= 0.6 is 0 Å². The van der Waals surface area contributed by atoms with Crippen LogP contribution in [0, 0.1) is 5.92 Å². The number of rotatable bonds is 6. The van der Waals surface area contributed by atoms with Crippen molar-refractivity contribution in [2.24, 2.45) is 5.92 Å². The van der Waals surface area contributed by atoms with Gasteiger partial charge in [0.05, 0.1) is 11.7 Å². The molecule has 1 aliphatic rings. The van der Waals surface area contributed by atoms with Gasteiger partial charge < -0.3 is 20.4 Å². The minimum absolute atomic E-state index is 0.127. The molecule has 1 atom stereocenters. The second-order valence-electron chi connectivity index (χ2n) is 7.24. The van der Waals surface area contributed by atoms with Gasteiger partial charge in [-0.15, -0.1) is 0 Å². The minimum atomic E-state index is -0.965. The fourth-order valence-electron chi connectivity index (χ4n) is 3.56. The number of carbonyl (C=O) groups is 2. The third-order valence-electron chi connectivity index (χ3n) is 5.30. The summed E-state index contributed by atoms with van der Waals surface area (Å²) in [6, 6.07) is 16.3. The number of carbonyl (C=O) groups excluding carboxylic acids is 1. The molecule has 6 heteroatoms. The zero-order valence-corrected chi connectivity index (χ0v) is 15.8. The number of aliphatic hydroxyl groups is 1. The lowest BCUT2D eigenvalue weighted by molar-refractivity contribution is 0.0671. The van der Waals surface area contributed by atoms with Crippen molar-refractivity contribution in [3.8, 4) is 0 Å². The van der Waals surface area contributed by atoms with Crippen LogP contribution in [0.15, 0.2) is 54.6 Å². The van der Waals surface area contributed by atoms with Gasteiger partial charge in [-0.1, -0.05) is 42.5 Å². The number of carboxylic acids is 1. The highest BCUT2D eigenvalue weighted by Gasteiger charge is 2.27. The number of aromatic carboxylic acids is 1. The van der Waals surface area contributed by atoms with Gasteiger partial charge in [-0.3, -0.25) is 0 Å². The molecule has 0 radical (unpaired) electrons. The van der Waals surface area contributed by atoms with Gasteiger partial charge >= 0.3 is 12.0 Å². The quantitative estimate of drug-likeness (QED) is 0.717. The largest absolute Gasteiger partial charge is 0.478 e. The van der Waals surface area contributed by atoms with Crippen LogP contribution in [0.4, 0.5) is 4.79 Å². The molecule has 3 N–H and O–H groups in total. The second kappa shape index (κ2) is 9.37.